The molecule has 188 valence electrons. The molecule has 1 aromatic heterocycles. The highest BCUT2D eigenvalue weighted by atomic mass is 15.2. The molecule has 0 saturated heterocycles. The Balaban J connectivity index is 1.57. The molecule has 0 aliphatic carbocycles. The van der Waals surface area contributed by atoms with E-state index >= 15 is 0 Å². The van der Waals surface area contributed by atoms with Crippen molar-refractivity contribution in [3.05, 3.63) is 164 Å². The van der Waals surface area contributed by atoms with Gasteiger partial charge < -0.3 is 15.1 Å². The Morgan fingerprint density at radius 1 is 0.385 bits per heavy atom. The van der Waals surface area contributed by atoms with Crippen molar-refractivity contribution in [3.8, 4) is 0 Å². The van der Waals surface area contributed by atoms with Crippen LogP contribution in [-0.2, 0) is 0 Å². The highest BCUT2D eigenvalue weighted by molar-refractivity contribution is 5.86. The molecule has 0 radical (unpaired) electrons. The van der Waals surface area contributed by atoms with Gasteiger partial charge in [-0.3, -0.25) is 0 Å². The lowest BCUT2D eigenvalue weighted by Gasteiger charge is -2.30. The number of hydrogen-bond acceptors (Lipinski definition) is 4. The highest BCUT2D eigenvalue weighted by Crippen LogP contribution is 2.42. The van der Waals surface area contributed by atoms with E-state index in [4.69, 9.17) is 0 Å². The monoisotopic (exact) mass is 504 g/mol. The maximum atomic E-state index is 4.52. The van der Waals surface area contributed by atoms with Crippen molar-refractivity contribution in [1.29, 1.82) is 0 Å². The van der Waals surface area contributed by atoms with Gasteiger partial charge in [0.15, 0.2) is 0 Å². The van der Waals surface area contributed by atoms with Crippen LogP contribution in [0.4, 0.5) is 45.6 Å². The molecule has 4 heteroatoms. The largest absolute Gasteiger partial charge is 0.340 e. The van der Waals surface area contributed by atoms with Crippen LogP contribution in [0.15, 0.2) is 164 Å². The van der Waals surface area contributed by atoms with Crippen molar-refractivity contribution < 1.29 is 0 Å². The fourth-order valence-corrected chi connectivity index (χ4v) is 4.71. The number of nitrogens with one attached hydrogen (secondary N) is 1. The number of aromatic nitrogens is 1. The topological polar surface area (TPSA) is 31.4 Å². The first kappa shape index (κ1) is 24.0. The molecule has 0 bridgehead atoms. The summed E-state index contributed by atoms with van der Waals surface area (Å²) in [5.74, 6) is 0.789. The zero-order chi connectivity index (χ0) is 26.3. The zero-order valence-electron chi connectivity index (χ0n) is 21.4. The van der Waals surface area contributed by atoms with E-state index in [1.807, 2.05) is 42.5 Å². The van der Waals surface area contributed by atoms with Crippen molar-refractivity contribution in [2.75, 3.05) is 15.1 Å². The van der Waals surface area contributed by atoms with Crippen molar-refractivity contribution in [2.45, 2.75) is 0 Å². The van der Waals surface area contributed by atoms with Crippen LogP contribution in [0.25, 0.3) is 0 Å². The number of nitrogens with zero attached hydrogens (tertiary/aromatic N) is 3. The molecule has 0 amide bonds. The number of rotatable bonds is 8. The number of pyridine rings is 1. The Hall–Kier alpha value is -5.35. The smallest absolute Gasteiger partial charge is 0.130 e. The van der Waals surface area contributed by atoms with Crippen molar-refractivity contribution in [1.82, 2.24) is 4.98 Å². The number of hydrogen-bond donors (Lipinski definition) is 1. The second-order valence-electron chi connectivity index (χ2n) is 9.09. The second kappa shape index (κ2) is 11.4. The third-order valence-electron chi connectivity index (χ3n) is 6.41. The summed E-state index contributed by atoms with van der Waals surface area (Å²) in [6.07, 6.45) is 1.80. The Labute approximate surface area is 229 Å². The van der Waals surface area contributed by atoms with Crippen LogP contribution < -0.4 is 15.1 Å². The predicted octanol–water partition coefficient (Wildman–Crippen LogP) is 9.76. The minimum absolute atomic E-state index is 0.789. The van der Waals surface area contributed by atoms with Gasteiger partial charge in [0.25, 0.3) is 0 Å². The van der Waals surface area contributed by atoms with Crippen LogP contribution in [-0.4, -0.2) is 4.98 Å². The van der Waals surface area contributed by atoms with Gasteiger partial charge in [-0.05, 0) is 78.9 Å². The first-order valence-electron chi connectivity index (χ1n) is 13.0. The first-order valence-corrected chi connectivity index (χ1v) is 13.0. The van der Waals surface area contributed by atoms with E-state index in [9.17, 15) is 0 Å². The zero-order valence-corrected chi connectivity index (χ0v) is 21.4. The van der Waals surface area contributed by atoms with Gasteiger partial charge in [0.1, 0.15) is 5.82 Å². The number of para-hydroxylation sites is 4. The molecule has 0 fully saturated rings. The summed E-state index contributed by atoms with van der Waals surface area (Å²) >= 11 is 0. The van der Waals surface area contributed by atoms with Crippen molar-refractivity contribution >= 4 is 45.6 Å². The molecule has 4 nitrogen and oxygen atoms in total. The number of anilines is 8. The Morgan fingerprint density at radius 2 is 0.769 bits per heavy atom. The van der Waals surface area contributed by atoms with E-state index in [1.165, 1.54) is 0 Å². The average Bonchev–Trinajstić information content (AvgIpc) is 3.00. The number of benzene rings is 5. The Morgan fingerprint density at radius 3 is 1.13 bits per heavy atom. The van der Waals surface area contributed by atoms with Gasteiger partial charge in [-0.1, -0.05) is 78.9 Å². The summed E-state index contributed by atoms with van der Waals surface area (Å²) in [6.45, 7) is 0. The fraction of sp³-hybridized carbons (Fsp3) is 0. The average molecular weight is 505 g/mol. The lowest BCUT2D eigenvalue weighted by atomic mass is 10.1. The maximum Gasteiger partial charge on any atom is 0.130 e. The van der Waals surface area contributed by atoms with Gasteiger partial charge in [0, 0.05) is 34.6 Å². The Kier molecular flexibility index (Phi) is 7.00. The van der Waals surface area contributed by atoms with Crippen LogP contribution in [0.3, 0.4) is 0 Å². The van der Waals surface area contributed by atoms with Gasteiger partial charge in [-0.25, -0.2) is 4.98 Å². The van der Waals surface area contributed by atoms with Gasteiger partial charge in [0.2, 0.25) is 0 Å². The van der Waals surface area contributed by atoms with E-state index in [1.54, 1.807) is 6.20 Å². The van der Waals surface area contributed by atoms with Gasteiger partial charge in [-0.15, -0.1) is 0 Å². The molecule has 0 saturated carbocycles. The first-order chi connectivity index (χ1) is 19.3. The molecule has 6 rings (SSSR count). The third-order valence-corrected chi connectivity index (χ3v) is 6.41. The van der Waals surface area contributed by atoms with Crippen LogP contribution in [0.1, 0.15) is 0 Å². The van der Waals surface area contributed by atoms with Gasteiger partial charge >= 0.3 is 0 Å². The lowest BCUT2D eigenvalue weighted by molar-refractivity contribution is 1.24. The summed E-state index contributed by atoms with van der Waals surface area (Å²) in [6, 6.07) is 54.3. The van der Waals surface area contributed by atoms with E-state index in [2.05, 4.69) is 135 Å². The summed E-state index contributed by atoms with van der Waals surface area (Å²) in [5, 5.41) is 3.54. The minimum Gasteiger partial charge on any atom is -0.340 e. The van der Waals surface area contributed by atoms with Gasteiger partial charge in [0.05, 0.1) is 11.4 Å². The molecule has 0 atom stereocenters. The van der Waals surface area contributed by atoms with Crippen LogP contribution >= 0.6 is 0 Å². The molecule has 0 aliphatic rings. The summed E-state index contributed by atoms with van der Waals surface area (Å²) in [5.41, 5.74) is 7.31. The molecular formula is C35H28N4. The van der Waals surface area contributed by atoms with Gasteiger partial charge in [-0.2, -0.15) is 0 Å². The molecule has 0 spiro atoms. The molecule has 39 heavy (non-hydrogen) atoms. The van der Waals surface area contributed by atoms with E-state index in [-0.39, 0.29) is 0 Å². The molecule has 0 unspecified atom stereocenters. The van der Waals surface area contributed by atoms with E-state index in [0.29, 0.717) is 0 Å². The van der Waals surface area contributed by atoms with Crippen LogP contribution in [0.2, 0.25) is 0 Å². The van der Waals surface area contributed by atoms with E-state index < -0.39 is 0 Å². The summed E-state index contributed by atoms with van der Waals surface area (Å²) < 4.78 is 0. The van der Waals surface area contributed by atoms with Crippen LogP contribution in [0, 0.1) is 0 Å². The van der Waals surface area contributed by atoms with Crippen LogP contribution in [0.5, 0.6) is 0 Å². The lowest BCUT2D eigenvalue weighted by Crippen LogP contribution is -2.13. The summed E-state index contributed by atoms with van der Waals surface area (Å²) in [7, 11) is 0. The normalized spacial score (nSPS) is 10.6. The highest BCUT2D eigenvalue weighted by Gasteiger charge is 2.18. The maximum absolute atomic E-state index is 4.52. The third kappa shape index (κ3) is 5.50. The molecule has 0 aliphatic heterocycles. The van der Waals surface area contributed by atoms with Crippen molar-refractivity contribution in [3.63, 3.8) is 0 Å². The summed E-state index contributed by atoms with van der Waals surface area (Å²) in [4.78, 5) is 9.08. The fourth-order valence-electron chi connectivity index (χ4n) is 4.71. The molecule has 5 aromatic carbocycles. The molecular weight excluding hydrogens is 476 g/mol. The Bertz CT molecular complexity index is 1430. The quantitative estimate of drug-likeness (QED) is 0.223. The van der Waals surface area contributed by atoms with Crippen molar-refractivity contribution in [2.24, 2.45) is 0 Å². The molecule has 1 N–H and O–H groups in total. The second-order valence-corrected chi connectivity index (χ2v) is 9.09. The molecule has 1 heterocycles. The minimum atomic E-state index is 0.789. The predicted molar refractivity (Wildman–Crippen MR) is 163 cm³/mol. The SMILES string of the molecule is c1ccc(N(c2ccccc2)c2cc(Nc3ccccn3)cc(N(c3ccccc3)c3ccccc3)c2)cc1. The molecule has 6 aromatic rings. The standard InChI is InChI=1S/C35H28N4/c1-5-15-29(16-6-1)38(30-17-7-2-8-18-30)33-25-28(37-35-23-13-14-24-36-35)26-34(27-33)39(31-19-9-3-10-20-31)32-21-11-4-12-22-32/h1-27H,(H,36,37). The van der Waals surface area contributed by atoms with E-state index in [0.717, 1.165) is 45.6 Å².